The number of nitrogens with zero attached hydrogens (tertiary/aromatic N) is 4. The number of nitrogens with two attached hydrogens (primary N) is 1. The van der Waals surface area contributed by atoms with Gasteiger partial charge in [0.15, 0.2) is 0 Å². The van der Waals surface area contributed by atoms with Crippen molar-refractivity contribution in [3.8, 4) is 5.75 Å². The number of fused-ring (bicyclic) bond motifs is 1. The number of carbonyl (C=O) groups excluding carboxylic acids is 2. The number of rotatable bonds is 7. The second kappa shape index (κ2) is 8.80. The van der Waals surface area contributed by atoms with Crippen molar-refractivity contribution in [2.75, 3.05) is 5.75 Å². The Morgan fingerprint density at radius 2 is 2.09 bits per heavy atom. The number of β-lactam (4-membered cyclic amide) rings is 1. The van der Waals surface area contributed by atoms with E-state index in [1.807, 2.05) is 6.92 Å². The third-order valence-electron chi connectivity index (χ3n) is 5.14. The zero-order valence-electron chi connectivity index (χ0n) is 16.6. The second-order valence-electron chi connectivity index (χ2n) is 7.11. The van der Waals surface area contributed by atoms with E-state index in [9.17, 15) is 24.6 Å². The molecule has 3 unspecified atom stereocenters. The zero-order valence-corrected chi connectivity index (χ0v) is 18.3. The molecular formula is C18H19N7O5S2. The van der Waals surface area contributed by atoms with Gasteiger partial charge in [-0.15, -0.1) is 16.9 Å². The predicted octanol–water partition coefficient (Wildman–Crippen LogP) is -0.175. The molecule has 14 heteroatoms. The molecule has 0 saturated carbocycles. The van der Waals surface area contributed by atoms with E-state index in [4.69, 9.17) is 5.73 Å². The lowest BCUT2D eigenvalue weighted by Gasteiger charge is -2.50. The molecule has 4 atom stereocenters. The van der Waals surface area contributed by atoms with Crippen molar-refractivity contribution in [1.82, 2.24) is 30.8 Å². The highest BCUT2D eigenvalue weighted by molar-refractivity contribution is 8.01. The van der Waals surface area contributed by atoms with E-state index in [1.54, 1.807) is 0 Å². The first-order valence-electron chi connectivity index (χ1n) is 9.44. The minimum atomic E-state index is -1.22. The Labute approximate surface area is 190 Å². The molecule has 12 nitrogen and oxygen atoms in total. The van der Waals surface area contributed by atoms with Gasteiger partial charge in [-0.25, -0.2) is 9.89 Å². The number of carbonyl (C=O) groups is 3. The molecule has 2 aliphatic heterocycles. The van der Waals surface area contributed by atoms with E-state index in [0.29, 0.717) is 22.0 Å². The van der Waals surface area contributed by atoms with Crippen LogP contribution in [0, 0.1) is 0 Å². The number of aromatic hydroxyl groups is 1. The minimum absolute atomic E-state index is 0.0422. The van der Waals surface area contributed by atoms with Gasteiger partial charge in [-0.3, -0.25) is 14.5 Å². The molecule has 0 spiro atoms. The van der Waals surface area contributed by atoms with Crippen molar-refractivity contribution in [3.05, 3.63) is 41.1 Å². The fourth-order valence-corrected chi connectivity index (χ4v) is 5.90. The van der Waals surface area contributed by atoms with Gasteiger partial charge in [0.25, 0.3) is 5.91 Å². The van der Waals surface area contributed by atoms with Crippen LogP contribution in [0.15, 0.2) is 40.7 Å². The van der Waals surface area contributed by atoms with Crippen LogP contribution in [0.25, 0.3) is 0 Å². The Balaban J connectivity index is 1.48. The number of nitrogens with one attached hydrogen (secondary N) is 2. The third-order valence-corrected chi connectivity index (χ3v) is 7.47. The van der Waals surface area contributed by atoms with Gasteiger partial charge in [0.05, 0.1) is 0 Å². The standard InChI is InChI=1S/C18H19N7O5S2/c1-7(32-18-21-23-24-22-18)10-6-31-16-12(15(28)25(16)13(10)17(29)30)20-14(27)11(19)8-2-4-9(26)5-3-8/h2-5,7,11-12,16,26H,6,19H2,1H3,(H,20,27)(H,29,30)(H,21,22,23,24)/t7?,11?,12?,16-/m0/s1. The zero-order chi connectivity index (χ0) is 23.0. The molecular weight excluding hydrogens is 458 g/mol. The monoisotopic (exact) mass is 477 g/mol. The van der Waals surface area contributed by atoms with Gasteiger partial charge in [-0.1, -0.05) is 23.9 Å². The minimum Gasteiger partial charge on any atom is -0.508 e. The molecule has 168 valence electrons. The van der Waals surface area contributed by atoms with Gasteiger partial charge in [0.1, 0.15) is 28.9 Å². The van der Waals surface area contributed by atoms with E-state index in [2.05, 4.69) is 25.9 Å². The smallest absolute Gasteiger partial charge is 0.352 e. The number of H-pyrrole nitrogens is 1. The van der Waals surface area contributed by atoms with Crippen LogP contribution in [-0.4, -0.2) is 75.9 Å². The van der Waals surface area contributed by atoms with Crippen LogP contribution < -0.4 is 11.1 Å². The SMILES string of the molecule is CC(Sc1nnn[nH]1)C1=C(C(=O)O)N2C(=O)C(NC(=O)C(N)c3ccc(O)cc3)[C@@H]2SC1. The molecule has 2 amide bonds. The molecule has 1 aromatic carbocycles. The number of tetrazole rings is 1. The van der Waals surface area contributed by atoms with Gasteiger partial charge in [0.2, 0.25) is 11.1 Å². The van der Waals surface area contributed by atoms with Crippen LogP contribution in [-0.2, 0) is 14.4 Å². The highest BCUT2D eigenvalue weighted by Gasteiger charge is 2.54. The molecule has 4 rings (SSSR count). The predicted molar refractivity (Wildman–Crippen MR) is 114 cm³/mol. The Bertz CT molecular complexity index is 1080. The summed E-state index contributed by atoms with van der Waals surface area (Å²) in [6.45, 7) is 1.81. The quantitative estimate of drug-likeness (QED) is 0.263. The summed E-state index contributed by atoms with van der Waals surface area (Å²) in [5, 5.41) is 34.8. The van der Waals surface area contributed by atoms with Crippen LogP contribution in [0.1, 0.15) is 18.5 Å². The van der Waals surface area contributed by atoms with Gasteiger partial charge < -0.3 is 21.3 Å². The molecule has 6 N–H and O–H groups in total. The second-order valence-corrected chi connectivity index (χ2v) is 9.55. The van der Waals surface area contributed by atoms with Crippen LogP contribution >= 0.6 is 23.5 Å². The molecule has 0 radical (unpaired) electrons. The lowest BCUT2D eigenvalue weighted by molar-refractivity contribution is -0.150. The van der Waals surface area contributed by atoms with Gasteiger partial charge in [0, 0.05) is 11.0 Å². The van der Waals surface area contributed by atoms with Crippen LogP contribution in [0.2, 0.25) is 0 Å². The highest BCUT2D eigenvalue weighted by atomic mass is 32.2. The Morgan fingerprint density at radius 1 is 1.38 bits per heavy atom. The number of phenols is 1. The number of benzene rings is 1. The van der Waals surface area contributed by atoms with E-state index in [0.717, 1.165) is 0 Å². The number of carboxylic acid groups (broad SMARTS) is 1. The average molecular weight is 478 g/mol. The molecule has 1 fully saturated rings. The van der Waals surface area contributed by atoms with Crippen molar-refractivity contribution < 1.29 is 24.6 Å². The molecule has 1 saturated heterocycles. The summed E-state index contributed by atoms with van der Waals surface area (Å²) in [5.41, 5.74) is 6.94. The number of hydrogen-bond acceptors (Lipinski definition) is 10. The largest absolute Gasteiger partial charge is 0.508 e. The van der Waals surface area contributed by atoms with Crippen molar-refractivity contribution >= 4 is 41.3 Å². The summed E-state index contributed by atoms with van der Waals surface area (Å²) in [4.78, 5) is 38.6. The molecule has 3 heterocycles. The number of amides is 2. The summed E-state index contributed by atoms with van der Waals surface area (Å²) in [6.07, 6.45) is 0. The van der Waals surface area contributed by atoms with Crippen LogP contribution in [0.3, 0.4) is 0 Å². The first-order valence-corrected chi connectivity index (χ1v) is 11.4. The molecule has 0 aliphatic carbocycles. The average Bonchev–Trinajstić information content (AvgIpc) is 3.29. The number of aromatic nitrogens is 4. The van der Waals surface area contributed by atoms with Crippen molar-refractivity contribution in [3.63, 3.8) is 0 Å². The Kier molecular flexibility index (Phi) is 6.08. The van der Waals surface area contributed by atoms with Gasteiger partial charge >= 0.3 is 5.97 Å². The summed E-state index contributed by atoms with van der Waals surface area (Å²) in [6, 6.07) is 3.94. The number of hydrogen-bond donors (Lipinski definition) is 5. The number of phenolic OH excluding ortho intramolecular Hbond substituents is 1. The highest BCUT2D eigenvalue weighted by Crippen LogP contribution is 2.43. The van der Waals surface area contributed by atoms with E-state index < -0.39 is 35.2 Å². The third kappa shape index (κ3) is 4.03. The maximum Gasteiger partial charge on any atom is 0.352 e. The first-order chi connectivity index (χ1) is 15.3. The first kappa shape index (κ1) is 22.1. The lowest BCUT2D eigenvalue weighted by atomic mass is 10.0. The van der Waals surface area contributed by atoms with E-state index in [1.165, 1.54) is 52.7 Å². The van der Waals surface area contributed by atoms with Crippen LogP contribution in [0.4, 0.5) is 0 Å². The number of carboxylic acids is 1. The molecule has 32 heavy (non-hydrogen) atoms. The summed E-state index contributed by atoms with van der Waals surface area (Å²) in [7, 11) is 0. The maximum absolute atomic E-state index is 12.8. The molecule has 0 bridgehead atoms. The summed E-state index contributed by atoms with van der Waals surface area (Å²) in [5.74, 6) is -1.89. The Morgan fingerprint density at radius 3 is 2.72 bits per heavy atom. The van der Waals surface area contributed by atoms with Crippen molar-refractivity contribution in [2.45, 2.75) is 34.8 Å². The van der Waals surface area contributed by atoms with Gasteiger partial charge in [-0.05, 0) is 40.6 Å². The molecule has 2 aliphatic rings. The van der Waals surface area contributed by atoms with E-state index in [-0.39, 0.29) is 16.7 Å². The Hall–Kier alpha value is -3.10. The van der Waals surface area contributed by atoms with Crippen LogP contribution in [0.5, 0.6) is 5.75 Å². The van der Waals surface area contributed by atoms with Gasteiger partial charge in [-0.2, -0.15) is 0 Å². The fraction of sp³-hybridized carbons (Fsp3) is 0.333. The number of aliphatic carboxylic acids is 1. The van der Waals surface area contributed by atoms with E-state index >= 15 is 0 Å². The normalized spacial score (nSPS) is 22.1. The molecule has 1 aromatic heterocycles. The number of thioether (sulfide) groups is 2. The molecule has 2 aromatic rings. The summed E-state index contributed by atoms with van der Waals surface area (Å²) >= 11 is 2.62. The fourth-order valence-electron chi connectivity index (χ4n) is 3.47. The van der Waals surface area contributed by atoms with Crippen molar-refractivity contribution in [1.29, 1.82) is 0 Å². The van der Waals surface area contributed by atoms with Crippen molar-refractivity contribution in [2.24, 2.45) is 5.73 Å². The maximum atomic E-state index is 12.8. The lowest BCUT2D eigenvalue weighted by Crippen LogP contribution is -2.71. The topological polar surface area (TPSA) is 187 Å². The summed E-state index contributed by atoms with van der Waals surface area (Å²) < 4.78 is 0. The number of aromatic amines is 1.